The quantitative estimate of drug-likeness (QED) is 0.443. The first kappa shape index (κ1) is 22.2. The summed E-state index contributed by atoms with van der Waals surface area (Å²) >= 11 is 0. The monoisotopic (exact) mass is 429 g/mol. The first-order valence-corrected chi connectivity index (χ1v) is 11.6. The Morgan fingerprint density at radius 1 is 0.781 bits per heavy atom. The molecule has 4 rings (SSSR count). The average molecular weight is 430 g/mol. The molecule has 3 aromatic rings. The Morgan fingerprint density at radius 2 is 1.47 bits per heavy atom. The van der Waals surface area contributed by atoms with E-state index in [2.05, 4.69) is 95.5 Å². The van der Waals surface area contributed by atoms with E-state index < -0.39 is 0 Å². The molecule has 0 aromatic heterocycles. The highest BCUT2D eigenvalue weighted by molar-refractivity contribution is 5.56. The number of rotatable bonds is 9. The van der Waals surface area contributed by atoms with E-state index in [1.807, 2.05) is 6.07 Å². The fourth-order valence-electron chi connectivity index (χ4n) is 4.56. The van der Waals surface area contributed by atoms with Gasteiger partial charge < -0.3 is 19.4 Å². The first-order valence-electron chi connectivity index (χ1n) is 11.6. The van der Waals surface area contributed by atoms with Gasteiger partial charge in [0.25, 0.3) is 0 Å². The minimum Gasteiger partial charge on any atom is -0.497 e. The standard InChI is InChI=1S/C28H35N3O/c1-29(2)22-25-12-4-5-15-28(25)31(21-24-11-9-14-27(19-24)32-3)20-23-10-8-13-26(18-23)30-16-6-7-17-30/h4-5,8-15,18-19H,6-7,16-17,20-22H2,1-3H3. The average Bonchev–Trinajstić information content (AvgIpc) is 3.34. The third kappa shape index (κ3) is 5.63. The molecule has 0 unspecified atom stereocenters. The van der Waals surface area contributed by atoms with Crippen molar-refractivity contribution >= 4 is 11.4 Å². The number of benzene rings is 3. The van der Waals surface area contributed by atoms with E-state index >= 15 is 0 Å². The molecule has 1 aliphatic rings. The number of methoxy groups -OCH3 is 1. The number of hydrogen-bond acceptors (Lipinski definition) is 4. The molecule has 4 heteroatoms. The normalized spacial score (nSPS) is 13.6. The maximum absolute atomic E-state index is 5.48. The second-order valence-corrected chi connectivity index (χ2v) is 8.94. The molecule has 0 saturated carbocycles. The Kier molecular flexibility index (Phi) is 7.33. The predicted octanol–water partition coefficient (Wildman–Crippen LogP) is 5.56. The van der Waals surface area contributed by atoms with Crippen LogP contribution in [0.25, 0.3) is 0 Å². The van der Waals surface area contributed by atoms with Crippen molar-refractivity contribution in [3.8, 4) is 5.75 Å². The molecule has 0 radical (unpaired) electrons. The smallest absolute Gasteiger partial charge is 0.119 e. The van der Waals surface area contributed by atoms with Gasteiger partial charge in [-0.1, -0.05) is 42.5 Å². The zero-order valence-electron chi connectivity index (χ0n) is 19.6. The van der Waals surface area contributed by atoms with Crippen molar-refractivity contribution in [2.45, 2.75) is 32.5 Å². The van der Waals surface area contributed by atoms with E-state index in [4.69, 9.17) is 4.74 Å². The largest absolute Gasteiger partial charge is 0.497 e. The van der Waals surface area contributed by atoms with Gasteiger partial charge in [-0.15, -0.1) is 0 Å². The molecule has 32 heavy (non-hydrogen) atoms. The molecule has 0 atom stereocenters. The Balaban J connectivity index is 1.65. The maximum atomic E-state index is 5.48. The van der Waals surface area contributed by atoms with Gasteiger partial charge in [0.2, 0.25) is 0 Å². The van der Waals surface area contributed by atoms with Crippen LogP contribution in [0, 0.1) is 0 Å². The minimum atomic E-state index is 0.829. The van der Waals surface area contributed by atoms with E-state index in [-0.39, 0.29) is 0 Å². The lowest BCUT2D eigenvalue weighted by atomic mass is 10.1. The van der Waals surface area contributed by atoms with Gasteiger partial charge in [0.05, 0.1) is 7.11 Å². The van der Waals surface area contributed by atoms with Crippen LogP contribution < -0.4 is 14.5 Å². The summed E-state index contributed by atoms with van der Waals surface area (Å²) in [6.07, 6.45) is 2.59. The molecular formula is C28H35N3O. The molecular weight excluding hydrogens is 394 g/mol. The van der Waals surface area contributed by atoms with Crippen LogP contribution in [-0.4, -0.2) is 39.2 Å². The molecule has 4 nitrogen and oxygen atoms in total. The topological polar surface area (TPSA) is 19.0 Å². The lowest BCUT2D eigenvalue weighted by molar-refractivity contribution is 0.402. The van der Waals surface area contributed by atoms with Crippen LogP contribution in [0.4, 0.5) is 11.4 Å². The summed E-state index contributed by atoms with van der Waals surface area (Å²) in [5, 5.41) is 0. The maximum Gasteiger partial charge on any atom is 0.119 e. The summed E-state index contributed by atoms with van der Waals surface area (Å²) in [7, 11) is 5.98. The molecule has 1 fully saturated rings. The van der Waals surface area contributed by atoms with E-state index in [0.717, 1.165) is 25.4 Å². The van der Waals surface area contributed by atoms with Crippen LogP contribution in [0.2, 0.25) is 0 Å². The van der Waals surface area contributed by atoms with E-state index in [0.29, 0.717) is 0 Å². The molecule has 0 spiro atoms. The molecule has 3 aromatic carbocycles. The SMILES string of the molecule is COc1cccc(CN(Cc2cccc(N3CCCC3)c2)c2ccccc2CN(C)C)c1. The van der Waals surface area contributed by atoms with Crippen molar-refractivity contribution in [3.63, 3.8) is 0 Å². The van der Waals surface area contributed by atoms with Crippen LogP contribution in [0.1, 0.15) is 29.5 Å². The lowest BCUT2D eigenvalue weighted by Crippen LogP contribution is -2.25. The van der Waals surface area contributed by atoms with Crippen LogP contribution in [-0.2, 0) is 19.6 Å². The molecule has 0 amide bonds. The van der Waals surface area contributed by atoms with Gasteiger partial charge in [-0.25, -0.2) is 0 Å². The summed E-state index contributed by atoms with van der Waals surface area (Å²) in [6, 6.07) is 26.3. The molecule has 0 bridgehead atoms. The Bertz CT molecular complexity index is 1010. The van der Waals surface area contributed by atoms with E-state index in [9.17, 15) is 0 Å². The van der Waals surface area contributed by atoms with Crippen molar-refractivity contribution in [1.82, 2.24) is 4.90 Å². The Morgan fingerprint density at radius 3 is 2.19 bits per heavy atom. The third-order valence-electron chi connectivity index (χ3n) is 6.08. The highest BCUT2D eigenvalue weighted by atomic mass is 16.5. The number of para-hydroxylation sites is 1. The fraction of sp³-hybridized carbons (Fsp3) is 0.357. The number of anilines is 2. The van der Waals surface area contributed by atoms with Gasteiger partial charge in [-0.05, 0) is 74.0 Å². The molecule has 1 aliphatic heterocycles. The summed E-state index contributed by atoms with van der Waals surface area (Å²) in [6.45, 7) is 4.95. The van der Waals surface area contributed by atoms with Crippen molar-refractivity contribution in [2.24, 2.45) is 0 Å². The van der Waals surface area contributed by atoms with Gasteiger partial charge in [-0.3, -0.25) is 0 Å². The lowest BCUT2D eigenvalue weighted by Gasteiger charge is -2.29. The fourth-order valence-corrected chi connectivity index (χ4v) is 4.56. The second-order valence-electron chi connectivity index (χ2n) is 8.94. The van der Waals surface area contributed by atoms with E-state index in [1.165, 1.54) is 54.0 Å². The van der Waals surface area contributed by atoms with Crippen LogP contribution in [0.5, 0.6) is 5.75 Å². The molecule has 168 valence electrons. The Labute approximate surface area is 193 Å². The van der Waals surface area contributed by atoms with Crippen molar-refractivity contribution < 1.29 is 4.74 Å². The molecule has 0 N–H and O–H groups in total. The second kappa shape index (κ2) is 10.6. The van der Waals surface area contributed by atoms with Gasteiger partial charge in [0.1, 0.15) is 5.75 Å². The van der Waals surface area contributed by atoms with Crippen molar-refractivity contribution in [3.05, 3.63) is 89.5 Å². The van der Waals surface area contributed by atoms with Gasteiger partial charge in [0, 0.05) is 44.1 Å². The number of hydrogen-bond donors (Lipinski definition) is 0. The minimum absolute atomic E-state index is 0.829. The Hall–Kier alpha value is -2.98. The summed E-state index contributed by atoms with van der Waals surface area (Å²) in [4.78, 5) is 7.24. The van der Waals surface area contributed by atoms with Crippen LogP contribution >= 0.6 is 0 Å². The van der Waals surface area contributed by atoms with Gasteiger partial charge in [-0.2, -0.15) is 0 Å². The summed E-state index contributed by atoms with van der Waals surface area (Å²) < 4.78 is 5.48. The highest BCUT2D eigenvalue weighted by Gasteiger charge is 2.16. The predicted molar refractivity (Wildman–Crippen MR) is 135 cm³/mol. The summed E-state index contributed by atoms with van der Waals surface area (Å²) in [5.41, 5.74) is 6.58. The summed E-state index contributed by atoms with van der Waals surface area (Å²) in [5.74, 6) is 0.903. The zero-order valence-corrected chi connectivity index (χ0v) is 19.6. The molecule has 1 heterocycles. The van der Waals surface area contributed by atoms with Crippen LogP contribution in [0.3, 0.4) is 0 Å². The van der Waals surface area contributed by atoms with E-state index in [1.54, 1.807) is 7.11 Å². The van der Waals surface area contributed by atoms with Gasteiger partial charge in [0.15, 0.2) is 0 Å². The highest BCUT2D eigenvalue weighted by Crippen LogP contribution is 2.28. The zero-order chi connectivity index (χ0) is 22.3. The van der Waals surface area contributed by atoms with Crippen molar-refractivity contribution in [1.29, 1.82) is 0 Å². The molecule has 1 saturated heterocycles. The number of nitrogens with zero attached hydrogens (tertiary/aromatic N) is 3. The van der Waals surface area contributed by atoms with Crippen LogP contribution in [0.15, 0.2) is 72.8 Å². The first-order chi connectivity index (χ1) is 15.6. The third-order valence-corrected chi connectivity index (χ3v) is 6.08. The molecule has 0 aliphatic carbocycles. The van der Waals surface area contributed by atoms with Gasteiger partial charge >= 0.3 is 0 Å². The number of ether oxygens (including phenoxy) is 1. The van der Waals surface area contributed by atoms with Crippen molar-refractivity contribution in [2.75, 3.05) is 44.1 Å².